The van der Waals surface area contributed by atoms with Crippen molar-refractivity contribution in [2.75, 3.05) is 19.8 Å². The van der Waals surface area contributed by atoms with Gasteiger partial charge in [-0.2, -0.15) is 0 Å². The maximum atomic E-state index is 12.6. The summed E-state index contributed by atoms with van der Waals surface area (Å²) in [4.78, 5) is 40.0. The monoisotopic (exact) mass is 387 g/mol. The Morgan fingerprint density at radius 2 is 1.75 bits per heavy atom. The van der Waals surface area contributed by atoms with Crippen LogP contribution in [0, 0.1) is 13.8 Å². The molecule has 0 radical (unpaired) electrons. The minimum Gasteiger partial charge on any atom is -0.485 e. The van der Waals surface area contributed by atoms with E-state index in [1.54, 1.807) is 45.0 Å². The van der Waals surface area contributed by atoms with Crippen LogP contribution in [0.1, 0.15) is 39.0 Å². The van der Waals surface area contributed by atoms with Crippen molar-refractivity contribution in [3.8, 4) is 11.5 Å². The van der Waals surface area contributed by atoms with Crippen LogP contribution in [0.2, 0.25) is 0 Å². The second-order valence-corrected chi connectivity index (χ2v) is 6.24. The number of aromatic amines is 1. The number of ether oxygens (including phenoxy) is 4. The second kappa shape index (κ2) is 8.16. The molecule has 3 rings (SSSR count). The average molecular weight is 387 g/mol. The summed E-state index contributed by atoms with van der Waals surface area (Å²) >= 11 is 0. The fourth-order valence-electron chi connectivity index (χ4n) is 3.03. The minimum atomic E-state index is -0.971. The largest absolute Gasteiger partial charge is 0.485 e. The highest BCUT2D eigenvalue weighted by Crippen LogP contribution is 2.31. The fourth-order valence-corrected chi connectivity index (χ4v) is 3.03. The zero-order valence-corrected chi connectivity index (χ0v) is 15.9. The summed E-state index contributed by atoms with van der Waals surface area (Å²) in [6.45, 7) is 4.67. The standard InChI is InChI=1S/C20H21NO7/c1-4-25-20(24)18-12(3)21-11(2)17(18)13(22)9-27-19(23)16-10-26-14-7-5-6-8-15(14)28-16/h5-8,16,21H,4,9-10H2,1-3H3/t16-/m0/s1. The van der Waals surface area contributed by atoms with Crippen LogP contribution >= 0.6 is 0 Å². The number of nitrogens with one attached hydrogen (secondary N) is 1. The predicted molar refractivity (Wildman–Crippen MR) is 97.9 cm³/mol. The van der Waals surface area contributed by atoms with Gasteiger partial charge in [0.05, 0.1) is 17.7 Å². The van der Waals surface area contributed by atoms with Gasteiger partial charge >= 0.3 is 11.9 Å². The number of hydrogen-bond acceptors (Lipinski definition) is 7. The smallest absolute Gasteiger partial charge is 0.351 e. The van der Waals surface area contributed by atoms with Crippen molar-refractivity contribution in [1.82, 2.24) is 4.98 Å². The van der Waals surface area contributed by atoms with E-state index in [9.17, 15) is 14.4 Å². The van der Waals surface area contributed by atoms with Crippen molar-refractivity contribution in [3.05, 3.63) is 46.8 Å². The van der Waals surface area contributed by atoms with Gasteiger partial charge in [-0.15, -0.1) is 0 Å². The van der Waals surface area contributed by atoms with Crippen molar-refractivity contribution < 1.29 is 33.3 Å². The Morgan fingerprint density at radius 3 is 2.46 bits per heavy atom. The lowest BCUT2D eigenvalue weighted by Gasteiger charge is -2.24. The summed E-state index contributed by atoms with van der Waals surface area (Å²) in [5.74, 6) is -0.843. The number of Topliss-reactive ketones (excluding diaryl/α,β-unsaturated/α-hetero) is 1. The number of carbonyl (C=O) groups excluding carboxylic acids is 3. The van der Waals surface area contributed by atoms with Gasteiger partial charge in [0.1, 0.15) is 6.61 Å². The van der Waals surface area contributed by atoms with Gasteiger partial charge < -0.3 is 23.9 Å². The number of H-pyrrole nitrogens is 1. The molecule has 8 nitrogen and oxygen atoms in total. The molecule has 0 spiro atoms. The van der Waals surface area contributed by atoms with Crippen LogP contribution in [0.5, 0.6) is 11.5 Å². The third-order valence-electron chi connectivity index (χ3n) is 4.25. The normalized spacial score (nSPS) is 15.0. The van der Waals surface area contributed by atoms with E-state index < -0.39 is 30.4 Å². The van der Waals surface area contributed by atoms with Crippen molar-refractivity contribution in [2.24, 2.45) is 0 Å². The van der Waals surface area contributed by atoms with E-state index >= 15 is 0 Å². The number of para-hydroxylation sites is 2. The summed E-state index contributed by atoms with van der Waals surface area (Å²) in [6.07, 6.45) is -0.971. The van der Waals surface area contributed by atoms with E-state index in [1.807, 2.05) is 0 Å². The number of carbonyl (C=O) groups is 3. The van der Waals surface area contributed by atoms with Gasteiger partial charge in [0.15, 0.2) is 18.1 Å². The molecule has 0 saturated carbocycles. The number of hydrogen-bond donors (Lipinski definition) is 1. The Labute approximate surface area is 161 Å². The topological polar surface area (TPSA) is 104 Å². The molecule has 2 aromatic rings. The second-order valence-electron chi connectivity index (χ2n) is 6.24. The van der Waals surface area contributed by atoms with E-state index in [0.717, 1.165) is 0 Å². The highest BCUT2D eigenvalue weighted by atomic mass is 16.6. The van der Waals surface area contributed by atoms with E-state index in [-0.39, 0.29) is 24.3 Å². The number of aromatic nitrogens is 1. The lowest BCUT2D eigenvalue weighted by atomic mass is 10.1. The van der Waals surface area contributed by atoms with Gasteiger partial charge in [0.25, 0.3) is 0 Å². The maximum absolute atomic E-state index is 12.6. The Kier molecular flexibility index (Phi) is 5.67. The number of esters is 2. The molecule has 0 aliphatic carbocycles. The quantitative estimate of drug-likeness (QED) is 0.599. The van der Waals surface area contributed by atoms with Crippen molar-refractivity contribution in [3.63, 3.8) is 0 Å². The SMILES string of the molecule is CCOC(=O)c1c(C)[nH]c(C)c1C(=O)COC(=O)[C@@H]1COc2ccccc2O1. The van der Waals surface area contributed by atoms with Gasteiger partial charge in [0.2, 0.25) is 11.9 Å². The minimum absolute atomic E-state index is 0.0135. The van der Waals surface area contributed by atoms with Gasteiger partial charge in [-0.25, -0.2) is 9.59 Å². The molecule has 8 heteroatoms. The number of rotatable bonds is 6. The first-order valence-corrected chi connectivity index (χ1v) is 8.87. The third-order valence-corrected chi connectivity index (χ3v) is 4.25. The molecule has 0 unspecified atom stereocenters. The molecular formula is C20H21NO7. The zero-order chi connectivity index (χ0) is 20.3. The number of aryl methyl sites for hydroxylation is 2. The highest BCUT2D eigenvalue weighted by molar-refractivity contribution is 6.09. The molecule has 2 heterocycles. The first-order valence-electron chi connectivity index (χ1n) is 8.87. The van der Waals surface area contributed by atoms with Crippen LogP contribution in [0.15, 0.2) is 24.3 Å². The first-order chi connectivity index (χ1) is 13.4. The van der Waals surface area contributed by atoms with Crippen LogP contribution in [0.3, 0.4) is 0 Å². The van der Waals surface area contributed by atoms with Crippen molar-refractivity contribution in [2.45, 2.75) is 26.9 Å². The maximum Gasteiger partial charge on any atom is 0.351 e. The molecule has 1 aromatic heterocycles. The Bertz CT molecular complexity index is 915. The Morgan fingerprint density at radius 1 is 1.07 bits per heavy atom. The molecule has 28 heavy (non-hydrogen) atoms. The molecule has 1 aliphatic rings. The van der Waals surface area contributed by atoms with Crippen LogP contribution in [0.4, 0.5) is 0 Å². The molecule has 1 N–H and O–H groups in total. The van der Waals surface area contributed by atoms with Crippen LogP contribution < -0.4 is 9.47 Å². The molecule has 1 aliphatic heterocycles. The summed E-state index contributed by atoms with van der Waals surface area (Å²) < 4.78 is 21.2. The van der Waals surface area contributed by atoms with E-state index in [1.165, 1.54) is 0 Å². The zero-order valence-electron chi connectivity index (χ0n) is 15.9. The van der Waals surface area contributed by atoms with Crippen molar-refractivity contribution in [1.29, 1.82) is 0 Å². The van der Waals surface area contributed by atoms with Crippen LogP contribution in [0.25, 0.3) is 0 Å². The van der Waals surface area contributed by atoms with E-state index in [4.69, 9.17) is 18.9 Å². The lowest BCUT2D eigenvalue weighted by molar-refractivity contribution is -0.153. The molecule has 148 valence electrons. The van der Waals surface area contributed by atoms with E-state index in [0.29, 0.717) is 22.9 Å². The molecule has 0 bridgehead atoms. The lowest BCUT2D eigenvalue weighted by Crippen LogP contribution is -2.38. The van der Waals surface area contributed by atoms with Crippen LogP contribution in [-0.4, -0.2) is 48.6 Å². The third kappa shape index (κ3) is 3.85. The molecule has 1 atom stereocenters. The van der Waals surface area contributed by atoms with Gasteiger partial charge in [-0.1, -0.05) is 12.1 Å². The summed E-state index contributed by atoms with van der Waals surface area (Å²) in [5, 5.41) is 0. The molecule has 1 aromatic carbocycles. The van der Waals surface area contributed by atoms with Gasteiger partial charge in [0, 0.05) is 11.4 Å². The predicted octanol–water partition coefficient (Wildman–Crippen LogP) is 2.37. The Hall–Kier alpha value is -3.29. The van der Waals surface area contributed by atoms with Crippen molar-refractivity contribution >= 4 is 17.7 Å². The highest BCUT2D eigenvalue weighted by Gasteiger charge is 2.31. The summed E-state index contributed by atoms with van der Waals surface area (Å²) in [6, 6.07) is 6.96. The molecule has 0 fully saturated rings. The number of fused-ring (bicyclic) bond motifs is 1. The van der Waals surface area contributed by atoms with Gasteiger partial charge in [-0.3, -0.25) is 4.79 Å². The molecule has 0 saturated heterocycles. The molecular weight excluding hydrogens is 366 g/mol. The summed E-state index contributed by atoms with van der Waals surface area (Å²) in [7, 11) is 0. The van der Waals surface area contributed by atoms with Gasteiger partial charge in [-0.05, 0) is 32.9 Å². The first kappa shape index (κ1) is 19.5. The average Bonchev–Trinajstić information content (AvgIpc) is 2.99. The molecule has 0 amide bonds. The number of ketones is 1. The summed E-state index contributed by atoms with van der Waals surface area (Å²) in [5.41, 5.74) is 1.35. The fraction of sp³-hybridized carbons (Fsp3) is 0.350. The van der Waals surface area contributed by atoms with E-state index in [2.05, 4.69) is 4.98 Å². The number of benzene rings is 1. The van der Waals surface area contributed by atoms with Crippen LogP contribution in [-0.2, 0) is 14.3 Å². The Balaban J connectivity index is 1.66.